The second-order valence-electron chi connectivity index (χ2n) is 9.25. The number of nitrogens with one attached hydrogen (secondary N) is 1. The minimum atomic E-state index is -0.754. The van der Waals surface area contributed by atoms with Gasteiger partial charge in [-0.15, -0.1) is 10.2 Å². The maximum atomic E-state index is 11.4. The highest BCUT2D eigenvalue weighted by atomic mass is 16.5. The molecule has 3 heterocycles. The van der Waals surface area contributed by atoms with Crippen LogP contribution in [0, 0.1) is 12.8 Å². The van der Waals surface area contributed by atoms with E-state index in [0.717, 1.165) is 24.1 Å². The lowest BCUT2D eigenvalue weighted by atomic mass is 9.87. The minimum Gasteiger partial charge on any atom is -0.489 e. The van der Waals surface area contributed by atoms with Crippen LogP contribution in [0.15, 0.2) is 46.9 Å². The molecule has 0 bridgehead atoms. The van der Waals surface area contributed by atoms with Crippen molar-refractivity contribution in [3.8, 4) is 17.1 Å². The van der Waals surface area contributed by atoms with Gasteiger partial charge in [-0.3, -0.25) is 4.79 Å². The molecule has 2 atom stereocenters. The SMILES string of the molecule is Cc1nc(-c2nnn(C)c2CNc2nnc(Cc3ccccc3)o2)ccc1O[C@H]1CCC[C@H](C(=O)O)C1. The van der Waals surface area contributed by atoms with E-state index in [4.69, 9.17) is 14.1 Å². The van der Waals surface area contributed by atoms with Crippen molar-refractivity contribution in [3.05, 3.63) is 65.3 Å². The predicted octanol–water partition coefficient (Wildman–Crippen LogP) is 3.79. The Morgan fingerprint density at radius 3 is 2.78 bits per heavy atom. The quantitative estimate of drug-likeness (QED) is 0.346. The zero-order chi connectivity index (χ0) is 25.8. The molecule has 0 saturated heterocycles. The molecule has 1 aliphatic carbocycles. The van der Waals surface area contributed by atoms with E-state index in [9.17, 15) is 9.90 Å². The number of anilines is 1. The summed E-state index contributed by atoms with van der Waals surface area (Å²) in [5.41, 5.74) is 3.91. The van der Waals surface area contributed by atoms with Gasteiger partial charge in [0.25, 0.3) is 0 Å². The lowest BCUT2D eigenvalue weighted by Gasteiger charge is -2.27. The summed E-state index contributed by atoms with van der Waals surface area (Å²) in [6, 6.07) is 14.0. The average Bonchev–Trinajstić information content (AvgIpc) is 3.50. The Morgan fingerprint density at radius 2 is 2.00 bits per heavy atom. The Morgan fingerprint density at radius 1 is 1.16 bits per heavy atom. The maximum Gasteiger partial charge on any atom is 0.315 e. The first-order valence-corrected chi connectivity index (χ1v) is 12.3. The van der Waals surface area contributed by atoms with Crippen molar-refractivity contribution in [3.63, 3.8) is 0 Å². The van der Waals surface area contributed by atoms with Crippen molar-refractivity contribution in [1.29, 1.82) is 0 Å². The Kier molecular flexibility index (Phi) is 7.11. The van der Waals surface area contributed by atoms with Gasteiger partial charge in [0.2, 0.25) is 5.89 Å². The lowest BCUT2D eigenvalue weighted by Crippen LogP contribution is -2.29. The van der Waals surface area contributed by atoms with Gasteiger partial charge in [0.1, 0.15) is 11.4 Å². The van der Waals surface area contributed by atoms with Crippen molar-refractivity contribution in [2.45, 2.75) is 51.7 Å². The molecule has 5 rings (SSSR count). The van der Waals surface area contributed by atoms with Crippen molar-refractivity contribution in [2.75, 3.05) is 5.32 Å². The molecule has 11 heteroatoms. The first-order valence-electron chi connectivity index (χ1n) is 12.3. The summed E-state index contributed by atoms with van der Waals surface area (Å²) in [6.07, 6.45) is 3.33. The van der Waals surface area contributed by atoms with E-state index in [-0.39, 0.29) is 12.0 Å². The second kappa shape index (κ2) is 10.8. The summed E-state index contributed by atoms with van der Waals surface area (Å²) in [5.74, 6) is 0.0715. The zero-order valence-electron chi connectivity index (χ0n) is 20.8. The van der Waals surface area contributed by atoms with Crippen LogP contribution in [0.3, 0.4) is 0 Å². The van der Waals surface area contributed by atoms with E-state index in [0.29, 0.717) is 60.5 Å². The third-order valence-corrected chi connectivity index (χ3v) is 6.56. The zero-order valence-corrected chi connectivity index (χ0v) is 20.8. The highest BCUT2D eigenvalue weighted by Crippen LogP contribution is 2.30. The maximum absolute atomic E-state index is 11.4. The van der Waals surface area contributed by atoms with Crippen LogP contribution in [0.1, 0.15) is 48.5 Å². The van der Waals surface area contributed by atoms with E-state index in [1.165, 1.54) is 0 Å². The van der Waals surface area contributed by atoms with Crippen LogP contribution < -0.4 is 10.1 Å². The Hall–Kier alpha value is -4.28. The van der Waals surface area contributed by atoms with E-state index >= 15 is 0 Å². The van der Waals surface area contributed by atoms with Crippen LogP contribution >= 0.6 is 0 Å². The van der Waals surface area contributed by atoms with Crippen LogP contribution in [-0.4, -0.2) is 47.4 Å². The van der Waals surface area contributed by atoms with Crippen LogP contribution in [0.2, 0.25) is 0 Å². The summed E-state index contributed by atoms with van der Waals surface area (Å²) >= 11 is 0. The van der Waals surface area contributed by atoms with Crippen LogP contribution in [0.5, 0.6) is 5.75 Å². The molecule has 1 aromatic carbocycles. The van der Waals surface area contributed by atoms with Gasteiger partial charge in [0.05, 0.1) is 42.1 Å². The number of nitrogens with zero attached hydrogens (tertiary/aromatic N) is 6. The number of ether oxygens (including phenoxy) is 1. The third-order valence-electron chi connectivity index (χ3n) is 6.56. The van der Waals surface area contributed by atoms with Gasteiger partial charge in [0.15, 0.2) is 0 Å². The van der Waals surface area contributed by atoms with Gasteiger partial charge < -0.3 is 19.6 Å². The van der Waals surface area contributed by atoms with E-state index in [2.05, 4.69) is 25.8 Å². The number of carbonyl (C=O) groups is 1. The number of hydrogen-bond acceptors (Lipinski definition) is 9. The molecule has 2 N–H and O–H groups in total. The molecule has 1 fully saturated rings. The number of aromatic nitrogens is 6. The normalized spacial score (nSPS) is 17.5. The summed E-state index contributed by atoms with van der Waals surface area (Å²) in [4.78, 5) is 16.1. The summed E-state index contributed by atoms with van der Waals surface area (Å²) in [5, 5.41) is 29.2. The number of benzene rings is 1. The summed E-state index contributed by atoms with van der Waals surface area (Å²) in [7, 11) is 1.81. The Bertz CT molecular complexity index is 1370. The molecular weight excluding hydrogens is 474 g/mol. The van der Waals surface area contributed by atoms with Gasteiger partial charge >= 0.3 is 12.0 Å². The third kappa shape index (κ3) is 5.76. The number of aryl methyl sites for hydroxylation is 2. The second-order valence-corrected chi connectivity index (χ2v) is 9.25. The molecule has 0 unspecified atom stereocenters. The molecule has 0 radical (unpaired) electrons. The molecule has 0 amide bonds. The van der Waals surface area contributed by atoms with Gasteiger partial charge in [0, 0.05) is 7.05 Å². The largest absolute Gasteiger partial charge is 0.489 e. The Balaban J connectivity index is 1.25. The van der Waals surface area contributed by atoms with E-state index < -0.39 is 5.97 Å². The molecule has 0 spiro atoms. The topological polar surface area (TPSA) is 141 Å². The smallest absolute Gasteiger partial charge is 0.315 e. The van der Waals surface area contributed by atoms with Crippen molar-refractivity contribution < 1.29 is 19.1 Å². The monoisotopic (exact) mass is 503 g/mol. The van der Waals surface area contributed by atoms with Crippen LogP contribution in [-0.2, 0) is 24.8 Å². The standard InChI is InChI=1S/C26H29N7O4/c1-16-22(36-19-10-6-9-18(14-19)25(34)35)12-11-20(28-16)24-21(33(2)32-30-24)15-27-26-31-29-23(37-26)13-17-7-4-3-5-8-17/h3-5,7-8,11-12,18-19H,6,9-10,13-15H2,1-2H3,(H,27,31)(H,34,35)/t18-,19-/m0/s1. The first kappa shape index (κ1) is 24.4. The number of aliphatic carboxylic acids is 1. The first-order chi connectivity index (χ1) is 18.0. The van der Waals surface area contributed by atoms with Crippen LogP contribution in [0.25, 0.3) is 11.4 Å². The average molecular weight is 504 g/mol. The molecule has 192 valence electrons. The highest BCUT2D eigenvalue weighted by molar-refractivity contribution is 5.70. The minimum absolute atomic E-state index is 0.126. The van der Waals surface area contributed by atoms with Crippen LogP contribution in [0.4, 0.5) is 6.01 Å². The number of hydrogen-bond donors (Lipinski definition) is 2. The molecule has 37 heavy (non-hydrogen) atoms. The molecule has 0 aliphatic heterocycles. The van der Waals surface area contributed by atoms with Gasteiger partial charge in [-0.05, 0) is 50.3 Å². The lowest BCUT2D eigenvalue weighted by molar-refractivity contribution is -0.143. The fourth-order valence-corrected chi connectivity index (χ4v) is 4.56. The fourth-order valence-electron chi connectivity index (χ4n) is 4.56. The highest BCUT2D eigenvalue weighted by Gasteiger charge is 2.28. The molecule has 1 saturated carbocycles. The molecule has 1 aliphatic rings. The Labute approximate surface area is 213 Å². The van der Waals surface area contributed by atoms with Crippen molar-refractivity contribution in [2.24, 2.45) is 13.0 Å². The van der Waals surface area contributed by atoms with Crippen molar-refractivity contribution >= 4 is 12.0 Å². The molecule has 3 aromatic heterocycles. The molecular formula is C26H29N7O4. The van der Waals surface area contributed by atoms with Gasteiger partial charge in [-0.2, -0.15) is 0 Å². The predicted molar refractivity (Wildman–Crippen MR) is 134 cm³/mol. The van der Waals surface area contributed by atoms with Crippen molar-refractivity contribution in [1.82, 2.24) is 30.2 Å². The van der Waals surface area contributed by atoms with E-state index in [1.807, 2.05) is 56.4 Å². The molecule has 4 aromatic rings. The molecule has 11 nitrogen and oxygen atoms in total. The fraction of sp³-hybridized carbons (Fsp3) is 0.385. The number of rotatable bonds is 9. The van der Waals surface area contributed by atoms with E-state index in [1.54, 1.807) is 4.68 Å². The van der Waals surface area contributed by atoms with Gasteiger partial charge in [-0.25, -0.2) is 9.67 Å². The summed E-state index contributed by atoms with van der Waals surface area (Å²) < 4.78 is 13.6. The summed E-state index contributed by atoms with van der Waals surface area (Å²) in [6.45, 7) is 2.24. The number of carboxylic acid groups (broad SMARTS) is 1. The van der Waals surface area contributed by atoms with Gasteiger partial charge in [-0.1, -0.05) is 40.6 Å². The number of carboxylic acids is 1. The number of pyridine rings is 1.